The van der Waals surface area contributed by atoms with Crippen LogP contribution in [0.25, 0.3) is 10.9 Å². The summed E-state index contributed by atoms with van der Waals surface area (Å²) >= 11 is 6.18. The number of rotatable bonds is 3. The second-order valence-electron chi connectivity index (χ2n) is 5.57. The smallest absolute Gasteiger partial charge is 0.224 e. The lowest BCUT2D eigenvalue weighted by atomic mass is 10.1. The minimum Gasteiger partial charge on any atom is -0.493 e. The van der Waals surface area contributed by atoms with Crippen LogP contribution in [-0.4, -0.2) is 30.7 Å². The Balaban J connectivity index is 1.95. The lowest BCUT2D eigenvalue weighted by Crippen LogP contribution is -2.15. The highest BCUT2D eigenvalue weighted by molar-refractivity contribution is 6.29. The fraction of sp³-hybridized carbons (Fsp3) is 0.222. The molecule has 5 nitrogen and oxygen atoms in total. The van der Waals surface area contributed by atoms with Crippen molar-refractivity contribution in [2.45, 2.75) is 6.42 Å². The van der Waals surface area contributed by atoms with Crippen LogP contribution in [-0.2, 0) is 6.42 Å². The van der Waals surface area contributed by atoms with E-state index < -0.39 is 0 Å². The van der Waals surface area contributed by atoms with Gasteiger partial charge in [0.1, 0.15) is 5.82 Å². The highest BCUT2D eigenvalue weighted by Crippen LogP contribution is 2.40. The molecule has 0 aliphatic carbocycles. The third kappa shape index (κ3) is 2.32. The number of para-hydroxylation sites is 1. The van der Waals surface area contributed by atoms with Gasteiger partial charge in [0.2, 0.25) is 5.28 Å². The SMILES string of the molecule is COc1cc2nc(Cl)nc(N3CCc4ccccc43)c2cc1OC. The van der Waals surface area contributed by atoms with Crippen molar-refractivity contribution in [3.8, 4) is 11.5 Å². The third-order valence-electron chi connectivity index (χ3n) is 4.30. The lowest BCUT2D eigenvalue weighted by Gasteiger charge is -2.21. The Morgan fingerprint density at radius 1 is 1.04 bits per heavy atom. The molecule has 0 bridgehead atoms. The van der Waals surface area contributed by atoms with Gasteiger partial charge < -0.3 is 14.4 Å². The largest absolute Gasteiger partial charge is 0.493 e. The number of halogens is 1. The predicted octanol–water partition coefficient (Wildman–Crippen LogP) is 3.99. The molecule has 0 atom stereocenters. The Morgan fingerprint density at radius 2 is 1.79 bits per heavy atom. The van der Waals surface area contributed by atoms with Gasteiger partial charge in [-0.25, -0.2) is 4.98 Å². The van der Waals surface area contributed by atoms with Crippen LogP contribution in [0.5, 0.6) is 11.5 Å². The minimum absolute atomic E-state index is 0.217. The molecule has 1 aliphatic heterocycles. The normalized spacial score (nSPS) is 13.2. The summed E-state index contributed by atoms with van der Waals surface area (Å²) in [5.41, 5.74) is 3.19. The monoisotopic (exact) mass is 341 g/mol. The van der Waals surface area contributed by atoms with Crippen LogP contribution in [0.1, 0.15) is 5.56 Å². The molecule has 1 aromatic heterocycles. The van der Waals surface area contributed by atoms with Crippen molar-refractivity contribution in [2.75, 3.05) is 25.7 Å². The van der Waals surface area contributed by atoms with Crippen LogP contribution in [0, 0.1) is 0 Å². The highest BCUT2D eigenvalue weighted by Gasteiger charge is 2.24. The molecular weight excluding hydrogens is 326 g/mol. The van der Waals surface area contributed by atoms with Gasteiger partial charge in [0.05, 0.1) is 19.7 Å². The summed E-state index contributed by atoms with van der Waals surface area (Å²) in [6.45, 7) is 0.857. The van der Waals surface area contributed by atoms with E-state index in [1.54, 1.807) is 14.2 Å². The summed E-state index contributed by atoms with van der Waals surface area (Å²) in [4.78, 5) is 11.0. The average Bonchev–Trinajstić information content (AvgIpc) is 3.03. The highest BCUT2D eigenvalue weighted by atomic mass is 35.5. The average molecular weight is 342 g/mol. The molecule has 0 saturated heterocycles. The van der Waals surface area contributed by atoms with Gasteiger partial charge in [-0.05, 0) is 35.7 Å². The van der Waals surface area contributed by atoms with Crippen LogP contribution in [0.3, 0.4) is 0 Å². The number of methoxy groups -OCH3 is 2. The van der Waals surface area contributed by atoms with Crippen LogP contribution in [0.2, 0.25) is 5.28 Å². The topological polar surface area (TPSA) is 47.5 Å². The molecule has 2 heterocycles. The van der Waals surface area contributed by atoms with Gasteiger partial charge in [0.25, 0.3) is 0 Å². The molecule has 2 aromatic carbocycles. The maximum Gasteiger partial charge on any atom is 0.224 e. The fourth-order valence-corrected chi connectivity index (χ4v) is 3.35. The van der Waals surface area contributed by atoms with Gasteiger partial charge in [0.15, 0.2) is 11.5 Å². The predicted molar refractivity (Wildman–Crippen MR) is 94.8 cm³/mol. The maximum atomic E-state index is 6.18. The van der Waals surface area contributed by atoms with E-state index in [1.165, 1.54) is 5.56 Å². The first kappa shape index (κ1) is 15.0. The first-order valence-electron chi connectivity index (χ1n) is 7.66. The number of fused-ring (bicyclic) bond motifs is 2. The first-order valence-corrected chi connectivity index (χ1v) is 8.04. The molecule has 0 amide bonds. The number of benzene rings is 2. The van der Waals surface area contributed by atoms with E-state index in [-0.39, 0.29) is 5.28 Å². The van der Waals surface area contributed by atoms with Crippen LogP contribution in [0.15, 0.2) is 36.4 Å². The molecule has 0 unspecified atom stereocenters. The van der Waals surface area contributed by atoms with Crippen LogP contribution < -0.4 is 14.4 Å². The maximum absolute atomic E-state index is 6.18. The molecule has 0 N–H and O–H groups in total. The Kier molecular flexibility index (Phi) is 3.65. The second-order valence-corrected chi connectivity index (χ2v) is 5.91. The Morgan fingerprint density at radius 3 is 2.58 bits per heavy atom. The molecule has 0 spiro atoms. The summed E-state index contributed by atoms with van der Waals surface area (Å²) < 4.78 is 10.8. The van der Waals surface area contributed by atoms with Crippen molar-refractivity contribution in [1.82, 2.24) is 9.97 Å². The van der Waals surface area contributed by atoms with Crippen LogP contribution in [0.4, 0.5) is 11.5 Å². The van der Waals surface area contributed by atoms with E-state index in [9.17, 15) is 0 Å². The fourth-order valence-electron chi connectivity index (χ4n) is 3.18. The van der Waals surface area contributed by atoms with E-state index in [4.69, 9.17) is 21.1 Å². The summed E-state index contributed by atoms with van der Waals surface area (Å²) in [5.74, 6) is 2.05. The van der Waals surface area contributed by atoms with Gasteiger partial charge in [-0.1, -0.05) is 18.2 Å². The van der Waals surface area contributed by atoms with E-state index >= 15 is 0 Å². The second kappa shape index (κ2) is 5.83. The zero-order valence-electron chi connectivity index (χ0n) is 13.4. The van der Waals surface area contributed by atoms with Gasteiger partial charge >= 0.3 is 0 Å². The summed E-state index contributed by atoms with van der Waals surface area (Å²) in [6.07, 6.45) is 0.979. The number of hydrogen-bond acceptors (Lipinski definition) is 5. The molecule has 3 aromatic rings. The lowest BCUT2D eigenvalue weighted by molar-refractivity contribution is 0.356. The summed E-state index contributed by atoms with van der Waals surface area (Å²) in [6, 6.07) is 12.1. The number of ether oxygens (including phenoxy) is 2. The van der Waals surface area contributed by atoms with Crippen LogP contribution >= 0.6 is 11.6 Å². The molecule has 1 aliphatic rings. The molecule has 6 heteroatoms. The summed E-state index contributed by atoms with van der Waals surface area (Å²) in [5, 5.41) is 1.10. The zero-order valence-corrected chi connectivity index (χ0v) is 14.2. The number of nitrogens with zero attached hydrogens (tertiary/aromatic N) is 3. The zero-order chi connectivity index (χ0) is 16.7. The molecule has 0 radical (unpaired) electrons. The Labute approximate surface area is 144 Å². The third-order valence-corrected chi connectivity index (χ3v) is 4.47. The van der Waals surface area contributed by atoms with Crippen molar-refractivity contribution in [2.24, 2.45) is 0 Å². The van der Waals surface area contributed by atoms with Gasteiger partial charge in [-0.3, -0.25) is 0 Å². The van der Waals surface area contributed by atoms with E-state index in [1.807, 2.05) is 18.2 Å². The van der Waals surface area contributed by atoms with E-state index in [0.717, 1.165) is 35.4 Å². The summed E-state index contributed by atoms with van der Waals surface area (Å²) in [7, 11) is 3.22. The number of hydrogen-bond donors (Lipinski definition) is 0. The Bertz CT molecular complexity index is 930. The molecule has 0 saturated carbocycles. The van der Waals surface area contributed by atoms with Gasteiger partial charge in [-0.15, -0.1) is 0 Å². The molecule has 0 fully saturated rings. The Hall–Kier alpha value is -2.53. The minimum atomic E-state index is 0.217. The number of anilines is 2. The molecule has 122 valence electrons. The number of aromatic nitrogens is 2. The van der Waals surface area contributed by atoms with Crippen molar-refractivity contribution in [3.63, 3.8) is 0 Å². The quantitative estimate of drug-likeness (QED) is 0.674. The standard InChI is InChI=1S/C18H16ClN3O2/c1-23-15-9-12-13(10-16(15)24-2)20-18(19)21-17(12)22-8-7-11-5-3-4-6-14(11)22/h3-6,9-10H,7-8H2,1-2H3. The van der Waals surface area contributed by atoms with Gasteiger partial charge in [-0.2, -0.15) is 4.98 Å². The van der Waals surface area contributed by atoms with Gasteiger partial charge in [0, 0.05) is 23.7 Å². The molecular formula is C18H16ClN3O2. The van der Waals surface area contributed by atoms with E-state index in [0.29, 0.717) is 11.5 Å². The van der Waals surface area contributed by atoms with E-state index in [2.05, 4.69) is 33.1 Å². The van der Waals surface area contributed by atoms with Crippen molar-refractivity contribution in [3.05, 3.63) is 47.2 Å². The van der Waals surface area contributed by atoms with Crippen molar-refractivity contribution in [1.29, 1.82) is 0 Å². The van der Waals surface area contributed by atoms with Crippen molar-refractivity contribution >= 4 is 34.0 Å². The van der Waals surface area contributed by atoms with Crippen molar-refractivity contribution < 1.29 is 9.47 Å². The first-order chi connectivity index (χ1) is 11.7. The molecule has 4 rings (SSSR count). The molecule has 24 heavy (non-hydrogen) atoms.